The average molecular weight is 352 g/mol. The van der Waals surface area contributed by atoms with Crippen LogP contribution in [-0.4, -0.2) is 22.7 Å². The van der Waals surface area contributed by atoms with Crippen molar-refractivity contribution in [3.05, 3.63) is 60.7 Å². The molecule has 0 spiro atoms. The Hall–Kier alpha value is -2.70. The van der Waals surface area contributed by atoms with E-state index in [1.54, 1.807) is 48.5 Å². The monoisotopic (exact) mass is 352 g/mol. The first kappa shape index (κ1) is 16.8. The van der Waals surface area contributed by atoms with Crippen molar-refractivity contribution in [2.24, 2.45) is 5.92 Å². The molecule has 2 fully saturated rings. The Morgan fingerprint density at radius 2 is 1.23 bits per heavy atom. The molecule has 6 nitrogen and oxygen atoms in total. The second-order valence-corrected chi connectivity index (χ2v) is 6.71. The fourth-order valence-corrected chi connectivity index (χ4v) is 4.03. The van der Waals surface area contributed by atoms with Crippen LogP contribution >= 0.6 is 0 Å². The molecule has 2 aliphatic rings. The van der Waals surface area contributed by atoms with Gasteiger partial charge in [0.05, 0.1) is 11.4 Å². The Kier molecular flexibility index (Phi) is 4.22. The number of anilines is 2. The first-order chi connectivity index (χ1) is 12.7. The van der Waals surface area contributed by atoms with Crippen molar-refractivity contribution in [3.8, 4) is 0 Å². The van der Waals surface area contributed by atoms with Gasteiger partial charge in [-0.1, -0.05) is 49.2 Å². The molecule has 2 aromatic rings. The van der Waals surface area contributed by atoms with Gasteiger partial charge in [0.2, 0.25) is 0 Å². The molecule has 1 heterocycles. The SMILES string of the molecule is O=C1N(c2ccccc2)N(c2ccccc2)C(=O)C1(OO)C1CCCC1. The summed E-state index contributed by atoms with van der Waals surface area (Å²) in [7, 11) is 0. The molecule has 26 heavy (non-hydrogen) atoms. The standard InChI is InChI=1S/C20H20N2O4/c23-18-20(26-25,15-9-7-8-10-15)19(24)22(17-13-5-2-6-14-17)21(18)16-11-3-1-4-12-16/h1-6,11-15,25H,7-10H2. The van der Waals surface area contributed by atoms with Gasteiger partial charge < -0.3 is 0 Å². The summed E-state index contributed by atoms with van der Waals surface area (Å²) in [4.78, 5) is 31.6. The van der Waals surface area contributed by atoms with E-state index in [1.165, 1.54) is 10.0 Å². The number of hydrogen-bond acceptors (Lipinski definition) is 4. The topological polar surface area (TPSA) is 70.1 Å². The predicted octanol–water partition coefficient (Wildman–Crippen LogP) is 3.40. The molecule has 1 saturated carbocycles. The Morgan fingerprint density at radius 1 is 0.808 bits per heavy atom. The number of amides is 2. The quantitative estimate of drug-likeness (QED) is 0.520. The summed E-state index contributed by atoms with van der Waals surface area (Å²) in [6.45, 7) is 0. The van der Waals surface area contributed by atoms with E-state index < -0.39 is 17.4 Å². The highest BCUT2D eigenvalue weighted by molar-refractivity contribution is 6.28. The molecule has 1 N–H and O–H groups in total. The lowest BCUT2D eigenvalue weighted by molar-refractivity contribution is -0.309. The van der Waals surface area contributed by atoms with Gasteiger partial charge in [0, 0.05) is 5.92 Å². The van der Waals surface area contributed by atoms with Gasteiger partial charge in [-0.05, 0) is 37.1 Å². The molecule has 0 atom stereocenters. The van der Waals surface area contributed by atoms with Crippen molar-refractivity contribution in [1.82, 2.24) is 0 Å². The normalized spacial score (nSPS) is 20.2. The first-order valence-corrected chi connectivity index (χ1v) is 8.82. The number of benzene rings is 2. The minimum Gasteiger partial charge on any atom is -0.268 e. The number of carbonyl (C=O) groups is 2. The lowest BCUT2D eigenvalue weighted by Crippen LogP contribution is -2.51. The van der Waals surface area contributed by atoms with Crippen molar-refractivity contribution in [2.75, 3.05) is 10.0 Å². The molecule has 0 bridgehead atoms. The highest BCUT2D eigenvalue weighted by Crippen LogP contribution is 2.44. The fraction of sp³-hybridized carbons (Fsp3) is 0.300. The number of carbonyl (C=O) groups excluding carboxylic acids is 2. The highest BCUT2D eigenvalue weighted by Gasteiger charge is 2.65. The summed E-state index contributed by atoms with van der Waals surface area (Å²) in [5, 5.41) is 12.4. The van der Waals surface area contributed by atoms with E-state index in [4.69, 9.17) is 4.89 Å². The van der Waals surface area contributed by atoms with E-state index >= 15 is 0 Å². The van der Waals surface area contributed by atoms with Gasteiger partial charge in [-0.3, -0.25) is 14.8 Å². The van der Waals surface area contributed by atoms with Crippen LogP contribution in [0.5, 0.6) is 0 Å². The number of para-hydroxylation sites is 2. The Balaban J connectivity index is 1.87. The van der Waals surface area contributed by atoms with Crippen LogP contribution in [0.1, 0.15) is 25.7 Å². The Bertz CT molecular complexity index is 746. The minimum atomic E-state index is -1.89. The van der Waals surface area contributed by atoms with Gasteiger partial charge in [-0.25, -0.2) is 14.9 Å². The van der Waals surface area contributed by atoms with Crippen LogP contribution in [0.4, 0.5) is 11.4 Å². The first-order valence-electron chi connectivity index (χ1n) is 8.82. The summed E-state index contributed by atoms with van der Waals surface area (Å²) >= 11 is 0. The van der Waals surface area contributed by atoms with Gasteiger partial charge in [-0.15, -0.1) is 0 Å². The van der Waals surface area contributed by atoms with Gasteiger partial charge in [-0.2, -0.15) is 0 Å². The lowest BCUT2D eigenvalue weighted by atomic mass is 9.85. The van der Waals surface area contributed by atoms with Crippen molar-refractivity contribution in [3.63, 3.8) is 0 Å². The number of hydrazine groups is 1. The van der Waals surface area contributed by atoms with Crippen LogP contribution in [0.25, 0.3) is 0 Å². The molecule has 1 aliphatic heterocycles. The third kappa shape index (κ3) is 2.34. The zero-order chi connectivity index (χ0) is 18.1. The number of hydrogen-bond donors (Lipinski definition) is 1. The molecule has 1 aliphatic carbocycles. The van der Waals surface area contributed by atoms with Gasteiger partial charge in [0.25, 0.3) is 17.4 Å². The molecule has 6 heteroatoms. The third-order valence-electron chi connectivity index (χ3n) is 5.30. The molecule has 0 aromatic heterocycles. The third-order valence-corrected chi connectivity index (χ3v) is 5.30. The zero-order valence-corrected chi connectivity index (χ0v) is 14.2. The van der Waals surface area contributed by atoms with Gasteiger partial charge in [0.1, 0.15) is 0 Å². The van der Waals surface area contributed by atoms with E-state index in [9.17, 15) is 14.8 Å². The van der Waals surface area contributed by atoms with E-state index in [2.05, 4.69) is 0 Å². The summed E-state index contributed by atoms with van der Waals surface area (Å²) in [6, 6.07) is 17.9. The molecule has 4 rings (SSSR count). The number of nitrogens with zero attached hydrogens (tertiary/aromatic N) is 2. The largest absolute Gasteiger partial charge is 0.292 e. The van der Waals surface area contributed by atoms with E-state index in [0.29, 0.717) is 24.2 Å². The van der Waals surface area contributed by atoms with Crippen LogP contribution in [0.3, 0.4) is 0 Å². The second kappa shape index (κ2) is 6.55. The molecular formula is C20H20N2O4. The summed E-state index contributed by atoms with van der Waals surface area (Å²) in [5.74, 6) is -1.44. The highest BCUT2D eigenvalue weighted by atomic mass is 17.1. The van der Waals surface area contributed by atoms with Gasteiger partial charge >= 0.3 is 0 Å². The molecule has 2 amide bonds. The van der Waals surface area contributed by atoms with Crippen molar-refractivity contribution in [2.45, 2.75) is 31.3 Å². The molecule has 2 aromatic carbocycles. The maximum atomic E-state index is 13.4. The summed E-state index contributed by atoms with van der Waals surface area (Å²) in [6.07, 6.45) is 3.16. The summed E-state index contributed by atoms with van der Waals surface area (Å²) in [5.41, 5.74) is -0.791. The molecule has 1 saturated heterocycles. The second-order valence-electron chi connectivity index (χ2n) is 6.71. The van der Waals surface area contributed by atoms with Crippen molar-refractivity contribution >= 4 is 23.2 Å². The van der Waals surface area contributed by atoms with Crippen LogP contribution < -0.4 is 10.0 Å². The minimum absolute atomic E-state index is 0.340. The van der Waals surface area contributed by atoms with E-state index in [0.717, 1.165) is 12.8 Å². The molecule has 0 unspecified atom stereocenters. The van der Waals surface area contributed by atoms with Gasteiger partial charge in [0.15, 0.2) is 0 Å². The van der Waals surface area contributed by atoms with Crippen LogP contribution in [0, 0.1) is 5.92 Å². The summed E-state index contributed by atoms with van der Waals surface area (Å²) < 4.78 is 0. The van der Waals surface area contributed by atoms with Crippen molar-refractivity contribution < 1.29 is 19.7 Å². The lowest BCUT2D eigenvalue weighted by Gasteiger charge is -2.27. The number of rotatable bonds is 4. The van der Waals surface area contributed by atoms with Crippen LogP contribution in [0.2, 0.25) is 0 Å². The predicted molar refractivity (Wildman–Crippen MR) is 96.3 cm³/mol. The van der Waals surface area contributed by atoms with Crippen molar-refractivity contribution in [1.29, 1.82) is 0 Å². The maximum Gasteiger partial charge on any atom is 0.292 e. The Morgan fingerprint density at radius 3 is 1.62 bits per heavy atom. The molecule has 0 radical (unpaired) electrons. The maximum absolute atomic E-state index is 13.4. The molecule has 134 valence electrons. The van der Waals surface area contributed by atoms with E-state index in [-0.39, 0.29) is 5.92 Å². The molecular weight excluding hydrogens is 332 g/mol. The van der Waals surface area contributed by atoms with Crippen LogP contribution in [-0.2, 0) is 14.5 Å². The zero-order valence-electron chi connectivity index (χ0n) is 14.2. The van der Waals surface area contributed by atoms with Crippen LogP contribution in [0.15, 0.2) is 60.7 Å². The fourth-order valence-electron chi connectivity index (χ4n) is 4.03. The Labute approximate surface area is 151 Å². The smallest absolute Gasteiger partial charge is 0.268 e. The average Bonchev–Trinajstić information content (AvgIpc) is 3.29. The van der Waals surface area contributed by atoms with E-state index in [1.807, 2.05) is 12.1 Å².